The van der Waals surface area contributed by atoms with Gasteiger partial charge in [-0.05, 0) is 85.5 Å². The number of amides is 1. The number of carbonyl (C=O) groups is 1. The molecule has 1 aliphatic rings. The van der Waals surface area contributed by atoms with Crippen molar-refractivity contribution in [2.45, 2.75) is 63.8 Å². The topological polar surface area (TPSA) is 98.7 Å². The van der Waals surface area contributed by atoms with Gasteiger partial charge in [0.15, 0.2) is 6.40 Å². The summed E-state index contributed by atoms with van der Waals surface area (Å²) in [6, 6.07) is 18.2. The van der Waals surface area contributed by atoms with Gasteiger partial charge in [-0.2, -0.15) is 5.10 Å². The zero-order valence-electron chi connectivity index (χ0n) is 26.7. The van der Waals surface area contributed by atoms with E-state index in [1.54, 1.807) is 6.21 Å². The van der Waals surface area contributed by atoms with Crippen LogP contribution in [0.15, 0.2) is 71.0 Å². The van der Waals surface area contributed by atoms with Gasteiger partial charge in [-0.1, -0.05) is 38.5 Å². The van der Waals surface area contributed by atoms with Gasteiger partial charge in [0.2, 0.25) is 0 Å². The molecule has 9 nitrogen and oxygen atoms in total. The summed E-state index contributed by atoms with van der Waals surface area (Å²) in [6.07, 6.45) is 10.8. The van der Waals surface area contributed by atoms with E-state index < -0.39 is 5.54 Å². The van der Waals surface area contributed by atoms with E-state index in [0.29, 0.717) is 11.5 Å². The third-order valence-electron chi connectivity index (χ3n) is 9.27. The van der Waals surface area contributed by atoms with Crippen LogP contribution in [0.5, 0.6) is 0 Å². The van der Waals surface area contributed by atoms with E-state index in [-0.39, 0.29) is 5.91 Å². The van der Waals surface area contributed by atoms with E-state index >= 15 is 0 Å². The molecule has 232 valence electrons. The standard InChI is InChI=1S/C36H41N7O2/c1-6-11-25(7-2)32-27-15-14-26(21-30(27)42(3)33(32)29-12-8-9-19-37-29)34(44)41-36(17-10-18-36)35-40-28-16-13-24(20-31(28)43(35)4)22-38-39-23-45-5/h8-9,12-16,19-23,25H,6-7,10-11,17-18H2,1-5H3,(H,41,44)/b38-22+,39-23-. The Kier molecular flexibility index (Phi) is 8.52. The second-order valence-corrected chi connectivity index (χ2v) is 12.0. The largest absolute Gasteiger partial charge is 0.485 e. The molecule has 1 saturated carbocycles. The Hall–Kier alpha value is -4.79. The van der Waals surface area contributed by atoms with Gasteiger partial charge in [0.1, 0.15) is 5.82 Å². The fraction of sp³-hybridized carbons (Fsp3) is 0.361. The van der Waals surface area contributed by atoms with Crippen LogP contribution in [0.1, 0.15) is 85.6 Å². The molecule has 0 radical (unpaired) electrons. The lowest BCUT2D eigenvalue weighted by atomic mass is 9.75. The van der Waals surface area contributed by atoms with Crippen molar-refractivity contribution in [3.05, 3.63) is 83.3 Å². The molecule has 9 heteroatoms. The Labute approximate surface area is 264 Å². The van der Waals surface area contributed by atoms with Gasteiger partial charge in [0.05, 0.1) is 41.3 Å². The lowest BCUT2D eigenvalue weighted by Gasteiger charge is -2.41. The highest BCUT2D eigenvalue weighted by Crippen LogP contribution is 2.43. The minimum atomic E-state index is -0.524. The lowest BCUT2D eigenvalue weighted by molar-refractivity contribution is 0.0805. The molecule has 0 bridgehead atoms. The molecule has 1 unspecified atom stereocenters. The van der Waals surface area contributed by atoms with E-state index in [0.717, 1.165) is 77.9 Å². The summed E-state index contributed by atoms with van der Waals surface area (Å²) in [5, 5.41) is 12.5. The van der Waals surface area contributed by atoms with Crippen LogP contribution < -0.4 is 5.32 Å². The number of pyridine rings is 1. The molecule has 0 saturated heterocycles. The van der Waals surface area contributed by atoms with Crippen molar-refractivity contribution in [2.75, 3.05) is 7.11 Å². The number of imidazole rings is 1. The number of aryl methyl sites for hydroxylation is 2. The van der Waals surface area contributed by atoms with Crippen LogP contribution in [0.2, 0.25) is 0 Å². The van der Waals surface area contributed by atoms with Gasteiger partial charge in [0, 0.05) is 36.8 Å². The summed E-state index contributed by atoms with van der Waals surface area (Å²) < 4.78 is 9.12. The summed E-state index contributed by atoms with van der Waals surface area (Å²) in [6.45, 7) is 4.50. The molecule has 1 atom stereocenters. The Morgan fingerprint density at radius 1 is 1.07 bits per heavy atom. The van der Waals surface area contributed by atoms with Crippen LogP contribution >= 0.6 is 0 Å². The van der Waals surface area contributed by atoms with Gasteiger partial charge in [-0.25, -0.2) is 4.98 Å². The summed E-state index contributed by atoms with van der Waals surface area (Å²) in [7, 11) is 5.63. The molecule has 5 aromatic rings. The average Bonchev–Trinajstić information content (AvgIpc) is 3.53. The van der Waals surface area contributed by atoms with Crippen LogP contribution in [-0.4, -0.2) is 44.7 Å². The zero-order valence-corrected chi connectivity index (χ0v) is 26.7. The van der Waals surface area contributed by atoms with Crippen LogP contribution in [0.3, 0.4) is 0 Å². The predicted molar refractivity (Wildman–Crippen MR) is 181 cm³/mol. The maximum Gasteiger partial charge on any atom is 0.252 e. The fourth-order valence-corrected chi connectivity index (χ4v) is 6.85. The number of nitrogens with zero attached hydrogens (tertiary/aromatic N) is 6. The summed E-state index contributed by atoms with van der Waals surface area (Å²) in [5.74, 6) is 1.19. The molecule has 1 aliphatic carbocycles. The van der Waals surface area contributed by atoms with Gasteiger partial charge in [0.25, 0.3) is 5.91 Å². The second-order valence-electron chi connectivity index (χ2n) is 12.0. The third-order valence-corrected chi connectivity index (χ3v) is 9.27. The number of hydrogen-bond donors (Lipinski definition) is 1. The molecular weight excluding hydrogens is 562 g/mol. The molecule has 2 aromatic carbocycles. The normalized spacial score (nSPS) is 15.2. The number of hydrogen-bond acceptors (Lipinski definition) is 6. The van der Waals surface area contributed by atoms with Crippen molar-refractivity contribution >= 4 is 40.5 Å². The molecular formula is C36H41N7O2. The number of carbonyl (C=O) groups excluding carboxylic acids is 1. The molecule has 6 rings (SSSR count). The minimum Gasteiger partial charge on any atom is -0.485 e. The van der Waals surface area contributed by atoms with Crippen LogP contribution in [0.25, 0.3) is 33.3 Å². The van der Waals surface area contributed by atoms with Gasteiger partial charge in [-0.3, -0.25) is 9.78 Å². The number of fused-ring (bicyclic) bond motifs is 2. The first-order valence-electron chi connectivity index (χ1n) is 15.8. The van der Waals surface area contributed by atoms with Crippen molar-refractivity contribution in [3.8, 4) is 11.4 Å². The first kappa shape index (κ1) is 30.2. The molecule has 1 fully saturated rings. The average molecular weight is 604 g/mol. The monoisotopic (exact) mass is 603 g/mol. The van der Waals surface area contributed by atoms with E-state index in [4.69, 9.17) is 14.7 Å². The number of benzene rings is 2. The van der Waals surface area contributed by atoms with Gasteiger partial charge < -0.3 is 19.2 Å². The summed E-state index contributed by atoms with van der Waals surface area (Å²) >= 11 is 0. The molecule has 3 aromatic heterocycles. The molecule has 1 amide bonds. The van der Waals surface area contributed by atoms with E-state index in [1.807, 2.05) is 55.7 Å². The van der Waals surface area contributed by atoms with Crippen molar-refractivity contribution in [3.63, 3.8) is 0 Å². The zero-order chi connectivity index (χ0) is 31.6. The molecule has 45 heavy (non-hydrogen) atoms. The van der Waals surface area contributed by atoms with Gasteiger partial charge in [-0.15, -0.1) is 5.10 Å². The quantitative estimate of drug-likeness (QED) is 0.0978. The first-order valence-corrected chi connectivity index (χ1v) is 15.8. The Morgan fingerprint density at radius 3 is 2.60 bits per heavy atom. The highest BCUT2D eigenvalue weighted by molar-refractivity contribution is 6.01. The number of rotatable bonds is 11. The van der Waals surface area contributed by atoms with E-state index in [1.165, 1.54) is 24.5 Å². The smallest absolute Gasteiger partial charge is 0.252 e. The van der Waals surface area contributed by atoms with Gasteiger partial charge >= 0.3 is 0 Å². The van der Waals surface area contributed by atoms with Crippen molar-refractivity contribution < 1.29 is 9.53 Å². The van der Waals surface area contributed by atoms with Crippen LogP contribution in [0.4, 0.5) is 0 Å². The third kappa shape index (κ3) is 5.52. The Balaban J connectivity index is 1.35. The lowest BCUT2D eigenvalue weighted by Crippen LogP contribution is -2.52. The number of ether oxygens (including phenoxy) is 1. The fourth-order valence-electron chi connectivity index (χ4n) is 6.85. The number of methoxy groups -OCH3 is 1. The highest BCUT2D eigenvalue weighted by Gasteiger charge is 2.44. The maximum absolute atomic E-state index is 14.0. The van der Waals surface area contributed by atoms with Crippen molar-refractivity contribution in [1.29, 1.82) is 0 Å². The Bertz CT molecular complexity index is 1900. The Morgan fingerprint density at radius 2 is 1.91 bits per heavy atom. The SMILES string of the molecule is CCCC(CC)c1c(-c2ccccn2)n(C)c2cc(C(=O)NC3(c4nc5ccc(/C=N/N=C\OC)cc5n4C)CCC3)ccc12. The maximum atomic E-state index is 14.0. The first-order chi connectivity index (χ1) is 21.9. The molecule has 0 spiro atoms. The number of aromatic nitrogens is 4. The summed E-state index contributed by atoms with van der Waals surface area (Å²) in [5.41, 5.74) is 7.34. The van der Waals surface area contributed by atoms with Crippen LogP contribution in [-0.2, 0) is 24.4 Å². The second kappa shape index (κ2) is 12.7. The highest BCUT2D eigenvalue weighted by atomic mass is 16.5. The van der Waals surface area contributed by atoms with E-state index in [2.05, 4.69) is 57.7 Å². The molecule has 3 heterocycles. The molecule has 1 N–H and O–H groups in total. The van der Waals surface area contributed by atoms with E-state index in [9.17, 15) is 4.79 Å². The van der Waals surface area contributed by atoms with Crippen molar-refractivity contribution in [2.24, 2.45) is 24.3 Å². The molecule has 0 aliphatic heterocycles. The minimum absolute atomic E-state index is 0.0878. The number of nitrogens with one attached hydrogen (secondary N) is 1. The summed E-state index contributed by atoms with van der Waals surface area (Å²) in [4.78, 5) is 23.7. The van der Waals surface area contributed by atoms with Crippen molar-refractivity contribution in [1.82, 2.24) is 24.4 Å². The predicted octanol–water partition coefficient (Wildman–Crippen LogP) is 7.24. The van der Waals surface area contributed by atoms with Crippen LogP contribution in [0, 0.1) is 0 Å².